The zero-order chi connectivity index (χ0) is 77.4. The fraction of sp³-hybridized carbons (Fsp3) is 0.655. The number of phosphoric ester groups is 2. The first kappa shape index (κ1) is 101. The lowest BCUT2D eigenvalue weighted by molar-refractivity contribution is -0.161. The van der Waals surface area contributed by atoms with Crippen molar-refractivity contribution in [3.05, 3.63) is 158 Å². The maximum absolute atomic E-state index is 13.1. The van der Waals surface area contributed by atoms with Gasteiger partial charge in [-0.3, -0.25) is 37.3 Å². The molecule has 0 aromatic heterocycles. The van der Waals surface area contributed by atoms with Crippen molar-refractivity contribution >= 4 is 39.5 Å². The number of carbonyl (C=O) groups excluding carboxylic acids is 4. The second kappa shape index (κ2) is 77.8. The van der Waals surface area contributed by atoms with Crippen molar-refractivity contribution < 1.29 is 80.2 Å². The summed E-state index contributed by atoms with van der Waals surface area (Å²) in [7, 11) is -10.0. The summed E-state index contributed by atoms with van der Waals surface area (Å²) in [5.41, 5.74) is 0. The van der Waals surface area contributed by atoms with Crippen LogP contribution in [0.1, 0.15) is 310 Å². The predicted molar refractivity (Wildman–Crippen MR) is 436 cm³/mol. The maximum Gasteiger partial charge on any atom is 0.472 e. The van der Waals surface area contributed by atoms with Gasteiger partial charge >= 0.3 is 39.5 Å². The Balaban J connectivity index is 5.45. The Bertz CT molecular complexity index is 2630. The molecule has 0 radical (unpaired) electrons. The van der Waals surface area contributed by atoms with Crippen LogP contribution in [0.5, 0.6) is 0 Å². The van der Waals surface area contributed by atoms with Crippen LogP contribution in [0.3, 0.4) is 0 Å². The molecule has 0 heterocycles. The van der Waals surface area contributed by atoms with Crippen molar-refractivity contribution in [3.63, 3.8) is 0 Å². The highest BCUT2D eigenvalue weighted by molar-refractivity contribution is 7.47. The Hall–Kier alpha value is -5.32. The number of aliphatic hydroxyl groups is 1. The predicted octanol–water partition coefficient (Wildman–Crippen LogP) is 24.0. The first-order chi connectivity index (χ1) is 51.7. The molecule has 604 valence electrons. The van der Waals surface area contributed by atoms with E-state index in [2.05, 4.69) is 174 Å². The smallest absolute Gasteiger partial charge is 0.462 e. The van der Waals surface area contributed by atoms with Crippen molar-refractivity contribution in [1.82, 2.24) is 0 Å². The molecule has 17 nitrogen and oxygen atoms in total. The van der Waals surface area contributed by atoms with E-state index in [1.807, 2.05) is 12.2 Å². The summed E-state index contributed by atoms with van der Waals surface area (Å²) in [5.74, 6) is -2.31. The Kier molecular flexibility index (Phi) is 73.9. The number of hydrogen-bond donors (Lipinski definition) is 3. The highest BCUT2D eigenvalue weighted by atomic mass is 31.2. The summed E-state index contributed by atoms with van der Waals surface area (Å²) < 4.78 is 68.6. The van der Waals surface area contributed by atoms with Crippen LogP contribution in [0, 0.1) is 0 Å². The first-order valence-corrected chi connectivity index (χ1v) is 43.7. The molecule has 106 heavy (non-hydrogen) atoms. The van der Waals surface area contributed by atoms with Crippen LogP contribution in [-0.2, 0) is 65.4 Å². The van der Waals surface area contributed by atoms with Gasteiger partial charge in [0.2, 0.25) is 0 Å². The van der Waals surface area contributed by atoms with Gasteiger partial charge in [-0.05, 0) is 141 Å². The van der Waals surface area contributed by atoms with E-state index in [4.69, 9.17) is 37.0 Å². The molecule has 0 aliphatic heterocycles. The van der Waals surface area contributed by atoms with Crippen molar-refractivity contribution in [2.24, 2.45) is 0 Å². The quantitative estimate of drug-likeness (QED) is 0.0169. The molecule has 0 bridgehead atoms. The minimum absolute atomic E-state index is 0.0256. The van der Waals surface area contributed by atoms with Crippen molar-refractivity contribution in [1.29, 1.82) is 0 Å². The third kappa shape index (κ3) is 76.9. The van der Waals surface area contributed by atoms with E-state index < -0.39 is 97.5 Å². The number of carbonyl (C=O) groups is 4. The Morgan fingerprint density at radius 3 is 0.811 bits per heavy atom. The molecule has 19 heteroatoms. The molecule has 0 fully saturated rings. The van der Waals surface area contributed by atoms with Gasteiger partial charge < -0.3 is 33.8 Å². The molecule has 0 aliphatic rings. The van der Waals surface area contributed by atoms with E-state index in [0.29, 0.717) is 38.5 Å². The van der Waals surface area contributed by atoms with Crippen LogP contribution in [0.2, 0.25) is 0 Å². The topological polar surface area (TPSA) is 237 Å². The molecule has 5 atom stereocenters. The first-order valence-electron chi connectivity index (χ1n) is 40.7. The largest absolute Gasteiger partial charge is 0.472 e. The van der Waals surface area contributed by atoms with Crippen LogP contribution < -0.4 is 0 Å². The average molecular weight is 1520 g/mol. The van der Waals surface area contributed by atoms with E-state index >= 15 is 0 Å². The molecule has 0 spiro atoms. The summed E-state index contributed by atoms with van der Waals surface area (Å²) in [6.07, 6.45) is 90.9. The van der Waals surface area contributed by atoms with Crippen molar-refractivity contribution in [2.75, 3.05) is 39.6 Å². The number of phosphoric acid groups is 2. The number of aliphatic hydroxyl groups excluding tert-OH is 1. The van der Waals surface area contributed by atoms with E-state index in [1.165, 1.54) is 64.2 Å². The van der Waals surface area contributed by atoms with Gasteiger partial charge in [0.25, 0.3) is 0 Å². The van der Waals surface area contributed by atoms with Gasteiger partial charge in [0, 0.05) is 25.7 Å². The van der Waals surface area contributed by atoms with Gasteiger partial charge in [-0.15, -0.1) is 0 Å². The highest BCUT2D eigenvalue weighted by Crippen LogP contribution is 2.45. The summed E-state index contributed by atoms with van der Waals surface area (Å²) in [6.45, 7) is 4.42. The van der Waals surface area contributed by atoms with Crippen LogP contribution >= 0.6 is 15.6 Å². The highest BCUT2D eigenvalue weighted by Gasteiger charge is 2.30. The normalized spacial score (nSPS) is 14.7. The average Bonchev–Trinajstić information content (AvgIpc) is 0.928. The summed E-state index contributed by atoms with van der Waals surface area (Å²) >= 11 is 0. The molecule has 0 saturated heterocycles. The molecule has 5 unspecified atom stereocenters. The molecule has 0 aliphatic carbocycles. The van der Waals surface area contributed by atoms with Crippen LogP contribution in [0.25, 0.3) is 0 Å². The lowest BCUT2D eigenvalue weighted by Crippen LogP contribution is -2.30. The monoisotopic (exact) mass is 1520 g/mol. The molecule has 0 amide bonds. The van der Waals surface area contributed by atoms with E-state index in [0.717, 1.165) is 154 Å². The lowest BCUT2D eigenvalue weighted by Gasteiger charge is -2.21. The van der Waals surface area contributed by atoms with Crippen molar-refractivity contribution in [2.45, 2.75) is 329 Å². The van der Waals surface area contributed by atoms with Gasteiger partial charge in [-0.2, -0.15) is 0 Å². The third-order valence-electron chi connectivity index (χ3n) is 16.5. The number of rotatable bonds is 75. The van der Waals surface area contributed by atoms with Gasteiger partial charge in [0.1, 0.15) is 19.3 Å². The Labute approximate surface area is 642 Å². The van der Waals surface area contributed by atoms with E-state index in [-0.39, 0.29) is 25.7 Å². The number of allylic oxidation sites excluding steroid dienone is 26. The fourth-order valence-electron chi connectivity index (χ4n) is 10.4. The summed E-state index contributed by atoms with van der Waals surface area (Å²) in [4.78, 5) is 73.1. The SMILES string of the molecule is CC/C=C\C/C=C\C/C=C\C/C=C\C/C=C\CCCC(=O)OCC(COP(=O)(O)OCC(O)COP(=O)(O)OCC(COC(=O)CCCCCCCC/C=C\C/C=C\C/C=C\C/C=C\CC)OC(=O)CCCCCCCCCCCCCCCCC)OC(=O)CCCC/C=C\C/C=C\C/C=C\C/C=C\CC. The van der Waals surface area contributed by atoms with Gasteiger partial charge in [0.05, 0.1) is 26.4 Å². The molecule has 3 N–H and O–H groups in total. The van der Waals surface area contributed by atoms with E-state index in [9.17, 15) is 43.2 Å². The van der Waals surface area contributed by atoms with E-state index in [1.54, 1.807) is 0 Å². The summed E-state index contributed by atoms with van der Waals surface area (Å²) in [5, 5.41) is 10.7. The zero-order valence-corrected chi connectivity index (χ0v) is 67.8. The standard InChI is InChI=1S/C87H144O17P2/c1-5-9-13-17-21-25-29-33-37-39-40-42-46-48-52-56-60-64-68-72-85(90)98-78-83(104-87(92)74-70-66-62-58-54-50-44-36-32-28-24-20-16-12-8-4)80-102-106(95,96)100-76-81(88)75-99-105(93,94)101-79-82(103-86(91)73-69-65-61-57-53-49-43-35-31-27-23-19-15-11-7-3)77-97-84(89)71-67-63-59-55-51-47-45-41-38-34-30-26-22-18-14-10-6-2/h9-11,13-15,21-23,25-27,33-35,37-38,40,42-43,45,47,53,55,57,59,81-83,88H,5-8,12,16-20,24,28-32,36,39,41,44,46,48-52,54,56,58,60-80H2,1-4H3,(H,93,94)(H,95,96)/b13-9-,14-10-,15-11-,25-21-,26-22-,27-23-,37-33-,38-34-,42-40-,43-35-,47-45-,57-53-,59-55-. The Morgan fingerprint density at radius 1 is 0.274 bits per heavy atom. The van der Waals surface area contributed by atoms with Crippen LogP contribution in [-0.4, -0.2) is 96.7 Å². The third-order valence-corrected chi connectivity index (χ3v) is 18.4. The molecular weight excluding hydrogens is 1380 g/mol. The zero-order valence-electron chi connectivity index (χ0n) is 66.1. The number of esters is 4. The maximum atomic E-state index is 13.1. The molecule has 0 aromatic carbocycles. The molecule has 0 rings (SSSR count). The second-order valence-electron chi connectivity index (χ2n) is 26.6. The van der Waals surface area contributed by atoms with Crippen molar-refractivity contribution in [3.8, 4) is 0 Å². The second-order valence-corrected chi connectivity index (χ2v) is 29.5. The van der Waals surface area contributed by atoms with Gasteiger partial charge in [-0.1, -0.05) is 301 Å². The lowest BCUT2D eigenvalue weighted by atomic mass is 10.0. The molecule has 0 aromatic rings. The fourth-order valence-corrected chi connectivity index (χ4v) is 12.0. The number of ether oxygens (including phenoxy) is 4. The summed E-state index contributed by atoms with van der Waals surface area (Å²) in [6, 6.07) is 0. The molecule has 0 saturated carbocycles. The minimum Gasteiger partial charge on any atom is -0.462 e. The number of unbranched alkanes of at least 4 members (excludes halogenated alkanes) is 23. The Morgan fingerprint density at radius 2 is 0.500 bits per heavy atom. The van der Waals surface area contributed by atoms with Crippen LogP contribution in [0.15, 0.2) is 158 Å². The van der Waals surface area contributed by atoms with Gasteiger partial charge in [0.15, 0.2) is 12.2 Å². The minimum atomic E-state index is -5.01. The van der Waals surface area contributed by atoms with Crippen LogP contribution in [0.4, 0.5) is 0 Å². The number of hydrogen-bond acceptors (Lipinski definition) is 15. The van der Waals surface area contributed by atoms with Gasteiger partial charge in [-0.25, -0.2) is 9.13 Å². The molecular formula is C87H144O17P2.